The van der Waals surface area contributed by atoms with E-state index in [2.05, 4.69) is 5.32 Å². The van der Waals surface area contributed by atoms with E-state index in [1.165, 1.54) is 30.4 Å². The van der Waals surface area contributed by atoms with Gasteiger partial charge in [0.1, 0.15) is 0 Å². The Morgan fingerprint density at radius 3 is 2.26 bits per heavy atom. The highest BCUT2D eigenvalue weighted by Crippen LogP contribution is 2.20. The summed E-state index contributed by atoms with van der Waals surface area (Å²) < 4.78 is 36.6. The van der Waals surface area contributed by atoms with Gasteiger partial charge in [0.05, 0.1) is 6.54 Å². The van der Waals surface area contributed by atoms with Gasteiger partial charge in [-0.3, -0.25) is 4.90 Å². The van der Waals surface area contributed by atoms with Crippen molar-refractivity contribution in [3.8, 4) is 0 Å². The first-order valence-corrected chi connectivity index (χ1v) is 6.49. The first-order chi connectivity index (χ1) is 8.92. The van der Waals surface area contributed by atoms with Crippen LogP contribution < -0.4 is 5.32 Å². The third kappa shape index (κ3) is 5.61. The highest BCUT2D eigenvalue weighted by Gasteiger charge is 2.29. The molecule has 0 amide bonds. The molecule has 0 atom stereocenters. The van der Waals surface area contributed by atoms with Gasteiger partial charge in [-0.1, -0.05) is 24.3 Å². The quantitative estimate of drug-likeness (QED) is 0.856. The number of nitrogens with one attached hydrogen (secondary N) is 1. The van der Waals surface area contributed by atoms with Gasteiger partial charge in [-0.2, -0.15) is 13.2 Å². The normalized spacial score (nSPS) is 16.1. The minimum Gasteiger partial charge on any atom is -0.310 e. The fraction of sp³-hybridized carbons (Fsp3) is 0.571. The summed E-state index contributed by atoms with van der Waals surface area (Å²) in [4.78, 5) is 1.28. The van der Waals surface area contributed by atoms with Crippen LogP contribution >= 0.6 is 0 Å². The summed E-state index contributed by atoms with van der Waals surface area (Å²) in [5.74, 6) is 0. The van der Waals surface area contributed by atoms with Crippen LogP contribution in [0.5, 0.6) is 0 Å². The topological polar surface area (TPSA) is 15.3 Å². The molecule has 0 aromatic heterocycles. The molecule has 0 heterocycles. The van der Waals surface area contributed by atoms with Gasteiger partial charge in [0.2, 0.25) is 0 Å². The lowest BCUT2D eigenvalue weighted by Crippen LogP contribution is -2.30. The van der Waals surface area contributed by atoms with Crippen molar-refractivity contribution < 1.29 is 13.2 Å². The summed E-state index contributed by atoms with van der Waals surface area (Å²) in [5.41, 5.74) is 2.08. The summed E-state index contributed by atoms with van der Waals surface area (Å²) in [5, 5.41) is 3.41. The third-order valence-electron chi connectivity index (χ3n) is 3.10. The van der Waals surface area contributed by atoms with Gasteiger partial charge in [0, 0.05) is 19.1 Å². The predicted octanol–water partition coefficient (Wildman–Crippen LogP) is 2.93. The average molecular weight is 272 g/mol. The number of hydrogen-bond donors (Lipinski definition) is 1. The molecule has 1 fully saturated rings. The second-order valence-electron chi connectivity index (χ2n) is 5.26. The summed E-state index contributed by atoms with van der Waals surface area (Å²) in [6.45, 7) is 0.275. The molecular formula is C14H19F3N2. The van der Waals surface area contributed by atoms with Gasteiger partial charge < -0.3 is 5.32 Å². The van der Waals surface area contributed by atoms with Crippen molar-refractivity contribution in [2.24, 2.45) is 0 Å². The molecule has 0 saturated heterocycles. The van der Waals surface area contributed by atoms with Crippen molar-refractivity contribution in [2.45, 2.75) is 38.1 Å². The van der Waals surface area contributed by atoms with E-state index >= 15 is 0 Å². The lowest BCUT2D eigenvalue weighted by molar-refractivity contribution is -0.144. The Balaban J connectivity index is 1.80. The molecule has 1 aliphatic carbocycles. The van der Waals surface area contributed by atoms with E-state index in [4.69, 9.17) is 0 Å². The van der Waals surface area contributed by atoms with E-state index < -0.39 is 12.7 Å². The van der Waals surface area contributed by atoms with E-state index in [0.717, 1.165) is 12.1 Å². The van der Waals surface area contributed by atoms with Crippen LogP contribution in [0.1, 0.15) is 24.0 Å². The molecule has 106 valence electrons. The fourth-order valence-electron chi connectivity index (χ4n) is 1.99. The molecule has 1 aromatic carbocycles. The second-order valence-corrected chi connectivity index (χ2v) is 5.26. The molecular weight excluding hydrogens is 253 g/mol. The number of alkyl halides is 3. The van der Waals surface area contributed by atoms with Crippen molar-refractivity contribution in [1.29, 1.82) is 0 Å². The molecule has 0 bridgehead atoms. The SMILES string of the molecule is CN(Cc1ccc(CNC2CC2)cc1)CC(F)(F)F. The van der Waals surface area contributed by atoms with Crippen LogP contribution in [0.3, 0.4) is 0 Å². The van der Waals surface area contributed by atoms with E-state index in [0.29, 0.717) is 12.6 Å². The van der Waals surface area contributed by atoms with Crippen LogP contribution in [0.25, 0.3) is 0 Å². The lowest BCUT2D eigenvalue weighted by atomic mass is 10.1. The standard InChI is InChI=1S/C14H19F3N2/c1-19(10-14(15,16)17)9-12-4-2-11(3-5-12)8-18-13-6-7-13/h2-5,13,18H,6-10H2,1H3. The number of benzene rings is 1. The smallest absolute Gasteiger partial charge is 0.310 e. The van der Waals surface area contributed by atoms with E-state index in [1.54, 1.807) is 0 Å². The van der Waals surface area contributed by atoms with Crippen LogP contribution in [0, 0.1) is 0 Å². The molecule has 2 rings (SSSR count). The third-order valence-corrected chi connectivity index (χ3v) is 3.10. The minimum atomic E-state index is -4.14. The molecule has 1 aromatic rings. The molecule has 0 spiro atoms. The summed E-state index contributed by atoms with van der Waals surface area (Å²) in [7, 11) is 1.48. The maximum absolute atomic E-state index is 12.2. The van der Waals surface area contributed by atoms with Crippen LogP contribution in [0.15, 0.2) is 24.3 Å². The van der Waals surface area contributed by atoms with Gasteiger partial charge in [-0.05, 0) is 31.0 Å². The van der Waals surface area contributed by atoms with Gasteiger partial charge in [-0.25, -0.2) is 0 Å². The first-order valence-electron chi connectivity index (χ1n) is 6.49. The van der Waals surface area contributed by atoms with Gasteiger partial charge in [0.25, 0.3) is 0 Å². The highest BCUT2D eigenvalue weighted by atomic mass is 19.4. The Hall–Kier alpha value is -1.07. The molecule has 19 heavy (non-hydrogen) atoms. The first kappa shape index (κ1) is 14.3. The monoisotopic (exact) mass is 272 g/mol. The summed E-state index contributed by atoms with van der Waals surface area (Å²) in [6, 6.07) is 8.42. The van der Waals surface area contributed by atoms with Crippen LogP contribution in [-0.2, 0) is 13.1 Å². The zero-order chi connectivity index (χ0) is 13.9. The number of rotatable bonds is 6. The molecule has 0 aliphatic heterocycles. The zero-order valence-electron chi connectivity index (χ0n) is 11.0. The van der Waals surface area contributed by atoms with Crippen molar-refractivity contribution in [2.75, 3.05) is 13.6 Å². The van der Waals surface area contributed by atoms with Crippen LogP contribution in [0.2, 0.25) is 0 Å². The molecule has 0 unspecified atom stereocenters. The fourth-order valence-corrected chi connectivity index (χ4v) is 1.99. The van der Waals surface area contributed by atoms with Crippen LogP contribution in [0.4, 0.5) is 13.2 Å². The molecule has 5 heteroatoms. The summed E-state index contributed by atoms with van der Waals surface area (Å²) in [6.07, 6.45) is -1.64. The molecule has 2 nitrogen and oxygen atoms in total. The average Bonchev–Trinajstić information content (AvgIpc) is 3.09. The molecule has 1 aliphatic rings. The van der Waals surface area contributed by atoms with E-state index in [-0.39, 0.29) is 0 Å². The van der Waals surface area contributed by atoms with Crippen LogP contribution in [-0.4, -0.2) is 30.7 Å². The Bertz CT molecular complexity index is 396. The largest absolute Gasteiger partial charge is 0.401 e. The Morgan fingerprint density at radius 2 is 1.74 bits per heavy atom. The predicted molar refractivity (Wildman–Crippen MR) is 68.7 cm³/mol. The second kappa shape index (κ2) is 5.92. The lowest BCUT2D eigenvalue weighted by Gasteiger charge is -2.18. The number of nitrogens with zero attached hydrogens (tertiary/aromatic N) is 1. The maximum Gasteiger partial charge on any atom is 0.401 e. The van der Waals surface area contributed by atoms with Crippen molar-refractivity contribution in [3.63, 3.8) is 0 Å². The number of hydrogen-bond acceptors (Lipinski definition) is 2. The van der Waals surface area contributed by atoms with Crippen molar-refractivity contribution in [1.82, 2.24) is 10.2 Å². The minimum absolute atomic E-state index is 0.315. The van der Waals surface area contributed by atoms with Gasteiger partial charge >= 0.3 is 6.18 Å². The maximum atomic E-state index is 12.2. The zero-order valence-corrected chi connectivity index (χ0v) is 11.0. The van der Waals surface area contributed by atoms with E-state index in [1.807, 2.05) is 24.3 Å². The highest BCUT2D eigenvalue weighted by molar-refractivity contribution is 5.22. The van der Waals surface area contributed by atoms with Crippen molar-refractivity contribution in [3.05, 3.63) is 35.4 Å². The molecule has 1 N–H and O–H groups in total. The molecule has 1 saturated carbocycles. The Morgan fingerprint density at radius 1 is 1.16 bits per heavy atom. The van der Waals surface area contributed by atoms with Gasteiger partial charge in [-0.15, -0.1) is 0 Å². The molecule has 0 radical (unpaired) electrons. The Labute approximate surface area is 111 Å². The Kier molecular flexibility index (Phi) is 4.47. The van der Waals surface area contributed by atoms with E-state index in [9.17, 15) is 13.2 Å². The summed E-state index contributed by atoms with van der Waals surface area (Å²) >= 11 is 0. The number of halogens is 3. The van der Waals surface area contributed by atoms with Gasteiger partial charge in [0.15, 0.2) is 0 Å². The van der Waals surface area contributed by atoms with Crippen molar-refractivity contribution >= 4 is 0 Å².